The van der Waals surface area contributed by atoms with Gasteiger partial charge in [0.25, 0.3) is 0 Å². The second kappa shape index (κ2) is 6.48. The van der Waals surface area contributed by atoms with Gasteiger partial charge in [0.05, 0.1) is 17.4 Å². The molecule has 1 atom stereocenters. The van der Waals surface area contributed by atoms with Crippen molar-refractivity contribution in [1.82, 2.24) is 9.88 Å². The van der Waals surface area contributed by atoms with Gasteiger partial charge >= 0.3 is 0 Å². The molecular formula is C17H22N2. The van der Waals surface area contributed by atoms with Crippen molar-refractivity contribution in [3.8, 4) is 11.3 Å². The van der Waals surface area contributed by atoms with Gasteiger partial charge in [-0.05, 0) is 32.6 Å². The maximum Gasteiger partial charge on any atom is 0.0706 e. The van der Waals surface area contributed by atoms with Crippen LogP contribution in [0, 0.1) is 0 Å². The molecule has 1 aromatic carbocycles. The van der Waals surface area contributed by atoms with E-state index in [1.807, 2.05) is 6.07 Å². The summed E-state index contributed by atoms with van der Waals surface area (Å²) in [5, 5.41) is 0. The highest BCUT2D eigenvalue weighted by atomic mass is 15.1. The fraction of sp³-hybridized carbons (Fsp3) is 0.353. The molecule has 0 saturated carbocycles. The van der Waals surface area contributed by atoms with Crippen LogP contribution in [0.15, 0.2) is 48.5 Å². The van der Waals surface area contributed by atoms with Crippen LogP contribution in [0.2, 0.25) is 0 Å². The van der Waals surface area contributed by atoms with Crippen molar-refractivity contribution in [2.75, 3.05) is 14.1 Å². The van der Waals surface area contributed by atoms with Crippen LogP contribution in [0.3, 0.4) is 0 Å². The van der Waals surface area contributed by atoms with Gasteiger partial charge in [0.1, 0.15) is 0 Å². The minimum absolute atomic E-state index is 0.397. The van der Waals surface area contributed by atoms with E-state index in [1.165, 1.54) is 12.0 Å². The first-order chi connectivity index (χ1) is 9.22. The van der Waals surface area contributed by atoms with E-state index < -0.39 is 0 Å². The third kappa shape index (κ3) is 3.42. The summed E-state index contributed by atoms with van der Waals surface area (Å²) in [5.41, 5.74) is 3.40. The first-order valence-electron chi connectivity index (χ1n) is 6.91. The summed E-state index contributed by atoms with van der Waals surface area (Å²) in [6.45, 7) is 2.22. The van der Waals surface area contributed by atoms with Crippen molar-refractivity contribution < 1.29 is 0 Å². The van der Waals surface area contributed by atoms with Gasteiger partial charge in [-0.2, -0.15) is 0 Å². The Hall–Kier alpha value is -1.67. The Morgan fingerprint density at radius 2 is 1.74 bits per heavy atom. The minimum atomic E-state index is 0.397. The lowest BCUT2D eigenvalue weighted by Gasteiger charge is -2.23. The zero-order valence-corrected chi connectivity index (χ0v) is 12.0. The van der Waals surface area contributed by atoms with E-state index in [4.69, 9.17) is 4.98 Å². The molecule has 1 unspecified atom stereocenters. The summed E-state index contributed by atoms with van der Waals surface area (Å²) in [6.07, 6.45) is 2.30. The van der Waals surface area contributed by atoms with Crippen molar-refractivity contribution in [2.24, 2.45) is 0 Å². The quantitative estimate of drug-likeness (QED) is 0.796. The van der Waals surface area contributed by atoms with Gasteiger partial charge < -0.3 is 4.90 Å². The third-order valence-electron chi connectivity index (χ3n) is 3.37. The van der Waals surface area contributed by atoms with E-state index in [9.17, 15) is 0 Å². The van der Waals surface area contributed by atoms with E-state index in [-0.39, 0.29) is 0 Å². The number of rotatable bonds is 5. The van der Waals surface area contributed by atoms with Crippen molar-refractivity contribution >= 4 is 0 Å². The van der Waals surface area contributed by atoms with Crippen molar-refractivity contribution in [2.45, 2.75) is 25.8 Å². The zero-order valence-electron chi connectivity index (χ0n) is 12.0. The molecule has 1 heterocycles. The average Bonchev–Trinajstić information content (AvgIpc) is 2.45. The van der Waals surface area contributed by atoms with Crippen molar-refractivity contribution in [3.05, 3.63) is 54.2 Å². The lowest BCUT2D eigenvalue weighted by molar-refractivity contribution is 0.276. The molecule has 0 bridgehead atoms. The molecule has 2 rings (SSSR count). The molecule has 0 spiro atoms. The molecule has 2 heteroatoms. The molecule has 0 radical (unpaired) electrons. The third-order valence-corrected chi connectivity index (χ3v) is 3.37. The maximum atomic E-state index is 4.84. The Kier molecular flexibility index (Phi) is 4.69. The molecular weight excluding hydrogens is 232 g/mol. The van der Waals surface area contributed by atoms with Crippen molar-refractivity contribution in [1.29, 1.82) is 0 Å². The van der Waals surface area contributed by atoms with Gasteiger partial charge in [-0.3, -0.25) is 4.98 Å². The largest absolute Gasteiger partial charge is 0.301 e. The fourth-order valence-corrected chi connectivity index (χ4v) is 2.35. The lowest BCUT2D eigenvalue weighted by atomic mass is 10.1. The molecule has 0 aliphatic heterocycles. The molecule has 0 N–H and O–H groups in total. The topological polar surface area (TPSA) is 16.1 Å². The number of nitrogens with zero attached hydrogens (tertiary/aromatic N) is 2. The molecule has 2 nitrogen and oxygen atoms in total. The zero-order chi connectivity index (χ0) is 13.7. The van der Waals surface area contributed by atoms with Gasteiger partial charge in [-0.25, -0.2) is 0 Å². The minimum Gasteiger partial charge on any atom is -0.301 e. The number of aromatic nitrogens is 1. The standard InChI is InChI=1S/C17H22N2/c1-4-9-17(19(2)3)16-13-8-12-15(18-16)14-10-6-5-7-11-14/h5-8,10-13,17H,4,9H2,1-3H3. The number of benzene rings is 1. The van der Waals surface area contributed by atoms with Gasteiger partial charge in [-0.1, -0.05) is 49.7 Å². The summed E-state index contributed by atoms with van der Waals surface area (Å²) in [6, 6.07) is 17.1. The monoisotopic (exact) mass is 254 g/mol. The summed E-state index contributed by atoms with van der Waals surface area (Å²) >= 11 is 0. The molecule has 0 fully saturated rings. The Bertz CT molecular complexity index is 506. The van der Waals surface area contributed by atoms with E-state index in [0.29, 0.717) is 6.04 Å². The Balaban J connectivity index is 2.33. The summed E-state index contributed by atoms with van der Waals surface area (Å²) in [5.74, 6) is 0. The first kappa shape index (κ1) is 13.8. The average molecular weight is 254 g/mol. The van der Waals surface area contributed by atoms with E-state index in [0.717, 1.165) is 17.8 Å². The van der Waals surface area contributed by atoms with Crippen LogP contribution in [0.1, 0.15) is 31.5 Å². The van der Waals surface area contributed by atoms with Crippen LogP contribution in [-0.4, -0.2) is 24.0 Å². The van der Waals surface area contributed by atoms with Gasteiger partial charge in [0.15, 0.2) is 0 Å². The Morgan fingerprint density at radius 1 is 1.00 bits per heavy atom. The second-order valence-corrected chi connectivity index (χ2v) is 5.08. The number of hydrogen-bond donors (Lipinski definition) is 0. The van der Waals surface area contributed by atoms with E-state index in [2.05, 4.69) is 68.4 Å². The lowest BCUT2D eigenvalue weighted by Crippen LogP contribution is -2.20. The highest BCUT2D eigenvalue weighted by Crippen LogP contribution is 2.24. The molecule has 0 saturated heterocycles. The first-order valence-corrected chi connectivity index (χ1v) is 6.91. The van der Waals surface area contributed by atoms with E-state index in [1.54, 1.807) is 0 Å². The molecule has 19 heavy (non-hydrogen) atoms. The normalized spacial score (nSPS) is 12.6. The van der Waals surface area contributed by atoms with Gasteiger partial charge in [-0.15, -0.1) is 0 Å². The predicted molar refractivity (Wildman–Crippen MR) is 81.0 cm³/mol. The van der Waals surface area contributed by atoms with Gasteiger partial charge in [0, 0.05) is 5.56 Å². The summed E-state index contributed by atoms with van der Waals surface area (Å²) in [7, 11) is 4.24. The highest BCUT2D eigenvalue weighted by molar-refractivity contribution is 5.58. The summed E-state index contributed by atoms with van der Waals surface area (Å²) in [4.78, 5) is 7.09. The van der Waals surface area contributed by atoms with E-state index >= 15 is 0 Å². The number of pyridine rings is 1. The smallest absolute Gasteiger partial charge is 0.0706 e. The van der Waals surface area contributed by atoms with Gasteiger partial charge in [0.2, 0.25) is 0 Å². The van der Waals surface area contributed by atoms with Crippen LogP contribution in [0.5, 0.6) is 0 Å². The summed E-state index contributed by atoms with van der Waals surface area (Å²) < 4.78 is 0. The molecule has 1 aromatic heterocycles. The van der Waals surface area contributed by atoms with Crippen LogP contribution >= 0.6 is 0 Å². The fourth-order valence-electron chi connectivity index (χ4n) is 2.35. The van der Waals surface area contributed by atoms with Crippen LogP contribution in [-0.2, 0) is 0 Å². The molecule has 100 valence electrons. The highest BCUT2D eigenvalue weighted by Gasteiger charge is 2.14. The number of hydrogen-bond acceptors (Lipinski definition) is 2. The Morgan fingerprint density at radius 3 is 2.37 bits per heavy atom. The molecule has 2 aromatic rings. The van der Waals surface area contributed by atoms with Crippen LogP contribution < -0.4 is 0 Å². The Labute approximate surface area is 116 Å². The van der Waals surface area contributed by atoms with Crippen LogP contribution in [0.25, 0.3) is 11.3 Å². The second-order valence-electron chi connectivity index (χ2n) is 5.08. The van der Waals surface area contributed by atoms with Crippen LogP contribution in [0.4, 0.5) is 0 Å². The van der Waals surface area contributed by atoms with Crippen molar-refractivity contribution in [3.63, 3.8) is 0 Å². The molecule has 0 aliphatic carbocycles. The molecule has 0 amide bonds. The maximum absolute atomic E-state index is 4.84. The molecule has 0 aliphatic rings. The SMILES string of the molecule is CCCC(c1cccc(-c2ccccc2)n1)N(C)C. The predicted octanol–water partition coefficient (Wildman–Crippen LogP) is 4.15.